The highest BCUT2D eigenvalue weighted by Gasteiger charge is 2.32. The van der Waals surface area contributed by atoms with E-state index in [-0.39, 0.29) is 27.6 Å². The van der Waals surface area contributed by atoms with Crippen molar-refractivity contribution in [1.29, 1.82) is 0 Å². The van der Waals surface area contributed by atoms with Gasteiger partial charge in [0.25, 0.3) is 5.91 Å². The molecule has 0 aliphatic carbocycles. The van der Waals surface area contributed by atoms with E-state index in [1.54, 1.807) is 22.6 Å². The number of carbonyl (C=O) groups excluding carboxylic acids is 1. The van der Waals surface area contributed by atoms with Crippen LogP contribution in [0.15, 0.2) is 11.1 Å². The lowest BCUT2D eigenvalue weighted by molar-refractivity contribution is -0.137. The molecule has 0 atom stereocenters. The van der Waals surface area contributed by atoms with Gasteiger partial charge in [0.05, 0.1) is 14.7 Å². The predicted octanol–water partition coefficient (Wildman–Crippen LogP) is 3.54. The molecule has 122 valence electrons. The molecule has 23 heavy (non-hydrogen) atoms. The van der Waals surface area contributed by atoms with Crippen molar-refractivity contribution in [3.8, 4) is 0 Å². The molecule has 1 N–H and O–H groups in total. The van der Waals surface area contributed by atoms with E-state index in [4.69, 9.17) is 28.9 Å². The van der Waals surface area contributed by atoms with Crippen molar-refractivity contribution in [3.05, 3.63) is 31.2 Å². The number of aromatic nitrogens is 1. The van der Waals surface area contributed by atoms with Crippen LogP contribution in [0.5, 0.6) is 0 Å². The Kier molecular flexibility index (Phi) is 6.34. The van der Waals surface area contributed by atoms with Crippen LogP contribution in [0.25, 0.3) is 6.08 Å². The molecule has 0 aromatic carbocycles. The van der Waals surface area contributed by atoms with Gasteiger partial charge in [-0.25, -0.2) is 9.37 Å². The van der Waals surface area contributed by atoms with E-state index < -0.39 is 11.8 Å². The maximum absolute atomic E-state index is 13.6. The third-order valence-electron chi connectivity index (χ3n) is 2.88. The van der Waals surface area contributed by atoms with Crippen molar-refractivity contribution >= 4 is 80.4 Å². The van der Waals surface area contributed by atoms with Crippen molar-refractivity contribution in [2.45, 2.75) is 12.8 Å². The number of pyridine rings is 1. The highest BCUT2D eigenvalue weighted by atomic mass is 127. The van der Waals surface area contributed by atoms with Crippen molar-refractivity contribution in [2.24, 2.45) is 0 Å². The second kappa shape index (κ2) is 7.86. The first-order chi connectivity index (χ1) is 10.8. The van der Waals surface area contributed by atoms with E-state index in [0.717, 1.165) is 18.0 Å². The van der Waals surface area contributed by atoms with E-state index in [9.17, 15) is 14.0 Å². The number of halogens is 3. The fourth-order valence-corrected chi connectivity index (χ4v) is 3.99. The number of carboxylic acid groups (broad SMARTS) is 1. The Morgan fingerprint density at radius 3 is 2.96 bits per heavy atom. The zero-order chi connectivity index (χ0) is 17.1. The van der Waals surface area contributed by atoms with Crippen LogP contribution in [0.4, 0.5) is 4.39 Å². The quantitative estimate of drug-likeness (QED) is 0.297. The number of carbonyl (C=O) groups is 2. The zero-order valence-electron chi connectivity index (χ0n) is 11.4. The number of amides is 1. The molecule has 2 rings (SSSR count). The van der Waals surface area contributed by atoms with Crippen molar-refractivity contribution in [3.63, 3.8) is 0 Å². The van der Waals surface area contributed by atoms with E-state index >= 15 is 0 Å². The maximum atomic E-state index is 13.6. The number of nitrogens with zero attached hydrogens (tertiary/aromatic N) is 2. The Bertz CT molecular complexity index is 729. The minimum Gasteiger partial charge on any atom is -0.481 e. The van der Waals surface area contributed by atoms with Crippen LogP contribution < -0.4 is 0 Å². The summed E-state index contributed by atoms with van der Waals surface area (Å²) in [5.41, 5.74) is 0.318. The van der Waals surface area contributed by atoms with Crippen LogP contribution in [0.1, 0.15) is 18.4 Å². The summed E-state index contributed by atoms with van der Waals surface area (Å²) in [7, 11) is 0. The van der Waals surface area contributed by atoms with Crippen molar-refractivity contribution in [2.75, 3.05) is 6.54 Å². The van der Waals surface area contributed by atoms with Gasteiger partial charge in [-0.3, -0.25) is 14.5 Å². The number of hydrogen-bond donors (Lipinski definition) is 1. The van der Waals surface area contributed by atoms with Gasteiger partial charge in [-0.1, -0.05) is 35.6 Å². The Morgan fingerprint density at radius 2 is 2.30 bits per heavy atom. The summed E-state index contributed by atoms with van der Waals surface area (Å²) < 4.78 is 14.2. The predicted molar refractivity (Wildman–Crippen MR) is 98.7 cm³/mol. The average Bonchev–Trinajstić information content (AvgIpc) is 2.74. The van der Waals surface area contributed by atoms with Crippen LogP contribution in [-0.4, -0.2) is 37.7 Å². The number of thiocarbonyl (C=S) groups is 1. The second-order valence-corrected chi connectivity index (χ2v) is 7.57. The van der Waals surface area contributed by atoms with Crippen molar-refractivity contribution < 1.29 is 19.1 Å². The Morgan fingerprint density at radius 1 is 1.61 bits per heavy atom. The lowest BCUT2D eigenvalue weighted by atomic mass is 10.2. The normalized spacial score (nSPS) is 16.5. The van der Waals surface area contributed by atoms with Gasteiger partial charge in [0.2, 0.25) is 0 Å². The Labute approximate surface area is 159 Å². The van der Waals surface area contributed by atoms with Crippen LogP contribution >= 0.6 is 58.2 Å². The molecule has 1 aromatic heterocycles. The van der Waals surface area contributed by atoms with E-state index in [2.05, 4.69) is 4.98 Å². The molecule has 1 saturated heterocycles. The van der Waals surface area contributed by atoms with Gasteiger partial charge in [0.1, 0.15) is 9.47 Å². The van der Waals surface area contributed by atoms with Gasteiger partial charge in [0.15, 0.2) is 5.82 Å². The minimum atomic E-state index is -0.932. The first-order valence-corrected chi connectivity index (χ1v) is 8.96. The molecule has 0 radical (unpaired) electrons. The molecule has 1 fully saturated rings. The number of rotatable bonds is 5. The SMILES string of the molecule is O=C(O)CCCN1C(=O)C(=Cc2c(Cl)ncc(F)c2I)SC1=S. The second-order valence-electron chi connectivity index (χ2n) is 4.46. The van der Waals surface area contributed by atoms with Crippen LogP contribution in [0.3, 0.4) is 0 Å². The summed E-state index contributed by atoms with van der Waals surface area (Å²) in [6, 6.07) is 0. The summed E-state index contributed by atoms with van der Waals surface area (Å²) in [6.45, 7) is 0.223. The molecule has 0 unspecified atom stereocenters. The maximum Gasteiger partial charge on any atom is 0.303 e. The fourth-order valence-electron chi connectivity index (χ4n) is 1.79. The lowest BCUT2D eigenvalue weighted by Gasteiger charge is -2.13. The molecule has 0 bridgehead atoms. The van der Waals surface area contributed by atoms with E-state index in [1.807, 2.05) is 0 Å². The van der Waals surface area contributed by atoms with Gasteiger partial charge >= 0.3 is 5.97 Å². The summed E-state index contributed by atoms with van der Waals surface area (Å²) in [6.07, 6.45) is 2.72. The Balaban J connectivity index is 2.22. The fraction of sp³-hybridized carbons (Fsp3) is 0.231. The number of carboxylic acids is 1. The van der Waals surface area contributed by atoms with Gasteiger partial charge in [-0.2, -0.15) is 0 Å². The largest absolute Gasteiger partial charge is 0.481 e. The van der Waals surface area contributed by atoms with E-state index in [1.165, 1.54) is 11.0 Å². The first-order valence-electron chi connectivity index (χ1n) is 6.28. The third-order valence-corrected chi connectivity index (χ3v) is 5.66. The highest BCUT2D eigenvalue weighted by molar-refractivity contribution is 14.1. The standard InChI is InChI=1S/C13H9ClFIN2O3S2/c14-11-6(10(16)7(15)5-17-11)4-8-12(21)18(13(22)23-8)3-1-2-9(19)20/h4-5H,1-3H2,(H,19,20). The molecule has 1 aliphatic rings. The van der Waals surface area contributed by atoms with Crippen LogP contribution in [0.2, 0.25) is 5.15 Å². The topological polar surface area (TPSA) is 70.5 Å². The molecule has 10 heteroatoms. The zero-order valence-corrected chi connectivity index (χ0v) is 15.9. The molecular formula is C13H9ClFIN2O3S2. The molecule has 2 heterocycles. The molecule has 5 nitrogen and oxygen atoms in total. The molecular weight excluding hydrogens is 478 g/mol. The van der Waals surface area contributed by atoms with Gasteiger partial charge in [0, 0.05) is 18.5 Å². The number of hydrogen-bond acceptors (Lipinski definition) is 5. The number of aliphatic carboxylic acids is 1. The lowest BCUT2D eigenvalue weighted by Crippen LogP contribution is -2.29. The smallest absolute Gasteiger partial charge is 0.303 e. The monoisotopic (exact) mass is 486 g/mol. The summed E-state index contributed by atoms with van der Waals surface area (Å²) in [5.74, 6) is -1.81. The molecule has 0 saturated carbocycles. The van der Waals surface area contributed by atoms with Crippen LogP contribution in [0, 0.1) is 9.39 Å². The Hall–Kier alpha value is -0.780. The molecule has 0 spiro atoms. The van der Waals surface area contributed by atoms with Crippen molar-refractivity contribution in [1.82, 2.24) is 9.88 Å². The summed E-state index contributed by atoms with van der Waals surface area (Å²) >= 11 is 14.0. The van der Waals surface area contributed by atoms with E-state index in [0.29, 0.717) is 21.2 Å². The van der Waals surface area contributed by atoms with Gasteiger partial charge in [-0.05, 0) is 35.1 Å². The van der Waals surface area contributed by atoms with Gasteiger partial charge < -0.3 is 5.11 Å². The average molecular weight is 487 g/mol. The highest BCUT2D eigenvalue weighted by Crippen LogP contribution is 2.35. The first kappa shape index (κ1) is 18.6. The summed E-state index contributed by atoms with van der Waals surface area (Å²) in [5, 5.41) is 8.73. The minimum absolute atomic E-state index is 0.0480. The molecule has 1 amide bonds. The third kappa shape index (κ3) is 4.40. The molecule has 1 aliphatic heterocycles. The number of thioether (sulfide) groups is 1. The van der Waals surface area contributed by atoms with Gasteiger partial charge in [-0.15, -0.1) is 0 Å². The van der Waals surface area contributed by atoms with Crippen LogP contribution in [-0.2, 0) is 9.59 Å². The summed E-state index contributed by atoms with van der Waals surface area (Å²) in [4.78, 5) is 28.2. The molecule has 1 aromatic rings.